The lowest BCUT2D eigenvalue weighted by Crippen LogP contribution is -2.44. The van der Waals surface area contributed by atoms with E-state index < -0.39 is 12.1 Å². The average molecular weight is 589 g/mol. The summed E-state index contributed by atoms with van der Waals surface area (Å²) in [6, 6.07) is 9.73. The quantitative estimate of drug-likeness (QED) is 0.306. The number of aryl methyl sites for hydroxylation is 1. The number of amides is 2. The number of nitrogens with zero attached hydrogens (tertiary/aromatic N) is 1. The lowest BCUT2D eigenvalue weighted by molar-refractivity contribution is -0.122. The third-order valence-corrected chi connectivity index (χ3v) is 7.64. The van der Waals surface area contributed by atoms with E-state index in [1.165, 1.54) is 6.92 Å². The van der Waals surface area contributed by atoms with Crippen molar-refractivity contribution in [1.29, 1.82) is 0 Å². The first kappa shape index (κ1) is 31.3. The molecule has 0 saturated carbocycles. The van der Waals surface area contributed by atoms with Crippen LogP contribution >= 0.6 is 0 Å². The van der Waals surface area contributed by atoms with Crippen LogP contribution in [0.4, 0.5) is 5.69 Å². The number of benzene rings is 1. The number of hydrogen-bond donors (Lipinski definition) is 3. The summed E-state index contributed by atoms with van der Waals surface area (Å²) in [5.41, 5.74) is 4.12. The summed E-state index contributed by atoms with van der Waals surface area (Å²) in [5, 5.41) is 9.21. The van der Waals surface area contributed by atoms with Crippen molar-refractivity contribution < 1.29 is 23.8 Å². The van der Waals surface area contributed by atoms with E-state index in [1.807, 2.05) is 38.1 Å². The smallest absolute Gasteiger partial charge is 0.242 e. The SMILES string of the molecule is COc1cc2c(c(OC)c1OC)-c1ccc(N[C@@H](C(=O)NCCc3ccncc3)C(C)C)c(=O)cc1[C@H](NC(C)=O)CC2. The summed E-state index contributed by atoms with van der Waals surface area (Å²) < 4.78 is 17.1. The largest absolute Gasteiger partial charge is 0.493 e. The monoisotopic (exact) mass is 588 g/mol. The minimum absolute atomic E-state index is 0.103. The fourth-order valence-corrected chi connectivity index (χ4v) is 5.52. The second-order valence-electron chi connectivity index (χ2n) is 10.9. The second-order valence-corrected chi connectivity index (χ2v) is 10.9. The number of methoxy groups -OCH3 is 3. The predicted octanol–water partition coefficient (Wildman–Crippen LogP) is 4.05. The van der Waals surface area contributed by atoms with Crippen LogP contribution in [0.1, 0.15) is 49.9 Å². The van der Waals surface area contributed by atoms with Crippen molar-refractivity contribution in [2.45, 2.75) is 52.1 Å². The minimum Gasteiger partial charge on any atom is -0.493 e. The van der Waals surface area contributed by atoms with Gasteiger partial charge < -0.3 is 30.2 Å². The Labute approximate surface area is 252 Å². The van der Waals surface area contributed by atoms with Crippen molar-refractivity contribution in [2.24, 2.45) is 5.92 Å². The summed E-state index contributed by atoms with van der Waals surface area (Å²) in [5.74, 6) is 0.931. The summed E-state index contributed by atoms with van der Waals surface area (Å²) in [6.45, 7) is 5.76. The number of rotatable bonds is 11. The Morgan fingerprint density at radius 3 is 2.35 bits per heavy atom. The molecule has 0 fully saturated rings. The first-order valence-corrected chi connectivity index (χ1v) is 14.4. The Morgan fingerprint density at radius 2 is 1.72 bits per heavy atom. The van der Waals surface area contributed by atoms with Gasteiger partial charge in [-0.25, -0.2) is 0 Å². The maximum absolute atomic E-state index is 13.7. The summed E-state index contributed by atoms with van der Waals surface area (Å²) in [7, 11) is 4.67. The van der Waals surface area contributed by atoms with E-state index in [4.69, 9.17) is 14.2 Å². The molecule has 3 aromatic rings. The van der Waals surface area contributed by atoms with E-state index in [-0.39, 0.29) is 28.8 Å². The maximum Gasteiger partial charge on any atom is 0.242 e. The molecule has 0 radical (unpaired) electrons. The molecule has 1 heterocycles. The van der Waals surface area contributed by atoms with Gasteiger partial charge in [-0.2, -0.15) is 0 Å². The molecular formula is C33H40N4O6. The average Bonchev–Trinajstić information content (AvgIpc) is 3.23. The highest BCUT2D eigenvalue weighted by Gasteiger charge is 2.30. The van der Waals surface area contributed by atoms with Crippen LogP contribution in [0.2, 0.25) is 0 Å². The molecule has 0 unspecified atom stereocenters. The van der Waals surface area contributed by atoms with Crippen LogP contribution in [-0.2, 0) is 22.4 Å². The van der Waals surface area contributed by atoms with E-state index in [0.29, 0.717) is 48.6 Å². The summed E-state index contributed by atoms with van der Waals surface area (Å²) >= 11 is 0. The molecule has 1 aliphatic carbocycles. The molecule has 3 N–H and O–H groups in total. The van der Waals surface area contributed by atoms with Crippen molar-refractivity contribution >= 4 is 17.5 Å². The Hall–Kier alpha value is -4.60. The normalized spacial score (nSPS) is 14.4. The molecule has 43 heavy (non-hydrogen) atoms. The van der Waals surface area contributed by atoms with Gasteiger partial charge in [-0.3, -0.25) is 19.4 Å². The highest BCUT2D eigenvalue weighted by molar-refractivity contribution is 5.86. The zero-order valence-electron chi connectivity index (χ0n) is 25.6. The molecule has 0 saturated heterocycles. The van der Waals surface area contributed by atoms with Crippen LogP contribution in [0.3, 0.4) is 0 Å². The van der Waals surface area contributed by atoms with Gasteiger partial charge in [0.1, 0.15) is 6.04 Å². The number of hydrogen-bond acceptors (Lipinski definition) is 8. The van der Waals surface area contributed by atoms with E-state index in [2.05, 4.69) is 20.9 Å². The molecule has 4 rings (SSSR count). The van der Waals surface area contributed by atoms with Crippen molar-refractivity contribution in [1.82, 2.24) is 15.6 Å². The molecular weight excluding hydrogens is 548 g/mol. The number of anilines is 1. The number of ether oxygens (including phenoxy) is 3. The zero-order chi connectivity index (χ0) is 31.1. The predicted molar refractivity (Wildman–Crippen MR) is 166 cm³/mol. The fourth-order valence-electron chi connectivity index (χ4n) is 5.52. The van der Waals surface area contributed by atoms with Gasteiger partial charge in [-0.1, -0.05) is 19.9 Å². The molecule has 0 spiro atoms. The first-order valence-electron chi connectivity index (χ1n) is 14.4. The third-order valence-electron chi connectivity index (χ3n) is 7.64. The number of carbonyl (C=O) groups is 2. The van der Waals surface area contributed by atoms with Gasteiger partial charge in [-0.05, 0) is 77.8 Å². The van der Waals surface area contributed by atoms with Crippen LogP contribution < -0.4 is 35.6 Å². The number of carbonyl (C=O) groups excluding carboxylic acids is 2. The number of nitrogens with one attached hydrogen (secondary N) is 3. The molecule has 10 heteroatoms. The molecule has 10 nitrogen and oxygen atoms in total. The van der Waals surface area contributed by atoms with Crippen molar-refractivity contribution in [3.8, 4) is 28.4 Å². The highest BCUT2D eigenvalue weighted by Crippen LogP contribution is 2.50. The van der Waals surface area contributed by atoms with E-state index in [0.717, 1.165) is 22.3 Å². The van der Waals surface area contributed by atoms with Gasteiger partial charge in [0.2, 0.25) is 23.0 Å². The van der Waals surface area contributed by atoms with E-state index in [9.17, 15) is 14.4 Å². The Morgan fingerprint density at radius 1 is 1.00 bits per heavy atom. The number of aromatic nitrogens is 1. The van der Waals surface area contributed by atoms with Crippen molar-refractivity contribution in [3.63, 3.8) is 0 Å². The molecule has 2 amide bonds. The lowest BCUT2D eigenvalue weighted by atomic mass is 9.95. The fraction of sp³-hybridized carbons (Fsp3) is 0.394. The van der Waals surface area contributed by atoms with Crippen LogP contribution in [0, 0.1) is 5.92 Å². The topological polar surface area (TPSA) is 128 Å². The van der Waals surface area contributed by atoms with Gasteiger partial charge in [0.05, 0.1) is 33.1 Å². The van der Waals surface area contributed by atoms with Crippen molar-refractivity contribution in [3.05, 3.63) is 75.7 Å². The number of pyridine rings is 1. The molecule has 2 aromatic carbocycles. The maximum atomic E-state index is 13.7. The number of fused-ring (bicyclic) bond motifs is 3. The molecule has 228 valence electrons. The van der Waals surface area contributed by atoms with Crippen LogP contribution in [0.25, 0.3) is 11.1 Å². The molecule has 1 aliphatic rings. The van der Waals surface area contributed by atoms with Crippen molar-refractivity contribution in [2.75, 3.05) is 33.2 Å². The summed E-state index contributed by atoms with van der Waals surface area (Å²) in [4.78, 5) is 43.2. The molecule has 0 bridgehead atoms. The van der Waals surface area contributed by atoms with Gasteiger partial charge in [-0.15, -0.1) is 0 Å². The second kappa shape index (κ2) is 14.0. The van der Waals surface area contributed by atoms with Crippen LogP contribution in [0.5, 0.6) is 17.2 Å². The van der Waals surface area contributed by atoms with E-state index in [1.54, 1.807) is 45.9 Å². The standard InChI is InChI=1S/C33H40N4O6/c1-19(2)30(33(40)35-16-13-21-11-14-34-15-12-21)37-26-10-8-23-24(18-27(26)39)25(36-20(3)38)9-7-22-17-28(41-4)31(42-5)32(43-6)29(22)23/h8,10-12,14-15,17-19,25,30H,7,9,13,16H2,1-6H3,(H,35,40)(H,36,38)(H,37,39)/t25-,30-/m1/s1. The zero-order valence-corrected chi connectivity index (χ0v) is 25.6. The Balaban J connectivity index is 1.75. The van der Waals surface area contributed by atoms with Gasteiger partial charge in [0.25, 0.3) is 0 Å². The first-order chi connectivity index (χ1) is 20.7. The summed E-state index contributed by atoms with van der Waals surface area (Å²) in [6.07, 6.45) is 5.26. The van der Waals surface area contributed by atoms with Crippen LogP contribution in [0.15, 0.2) is 53.6 Å². The molecule has 0 aliphatic heterocycles. The lowest BCUT2D eigenvalue weighted by Gasteiger charge is -2.22. The molecule has 1 aromatic heterocycles. The van der Waals surface area contributed by atoms with E-state index >= 15 is 0 Å². The van der Waals surface area contributed by atoms with Crippen LogP contribution in [-0.4, -0.2) is 50.7 Å². The Kier molecular flexibility index (Phi) is 10.2. The van der Waals surface area contributed by atoms with Gasteiger partial charge >= 0.3 is 0 Å². The molecule has 2 atom stereocenters. The van der Waals surface area contributed by atoms with Gasteiger partial charge in [0.15, 0.2) is 11.5 Å². The third kappa shape index (κ3) is 7.07. The minimum atomic E-state index is -0.648. The highest BCUT2D eigenvalue weighted by atomic mass is 16.5. The Bertz CT molecular complexity index is 1530. The van der Waals surface area contributed by atoms with Gasteiger partial charge in [0, 0.05) is 31.4 Å².